The molecule has 0 aromatic rings. The Morgan fingerprint density at radius 3 is 1.21 bits per heavy atom. The zero-order valence-electron chi connectivity index (χ0n) is 7.32. The van der Waals surface area contributed by atoms with Crippen LogP contribution in [-0.2, 0) is 14.4 Å². The maximum atomic E-state index is 12.9. The molecule has 0 amide bonds. The van der Waals surface area contributed by atoms with E-state index in [1.807, 2.05) is 0 Å². The van der Waals surface area contributed by atoms with Crippen molar-refractivity contribution in [1.82, 2.24) is 0 Å². The summed E-state index contributed by atoms with van der Waals surface area (Å²) in [5.41, 5.74) is -2.58. The van der Waals surface area contributed by atoms with Crippen molar-refractivity contribution >= 4 is 18.9 Å². The van der Waals surface area contributed by atoms with Crippen LogP contribution < -0.4 is 0 Å². The molecule has 3 unspecified atom stereocenters. The quantitative estimate of drug-likeness (QED) is 0.603. The van der Waals surface area contributed by atoms with E-state index in [-0.39, 0.29) is 18.9 Å². The minimum Gasteiger partial charge on any atom is -0.300 e. The van der Waals surface area contributed by atoms with Gasteiger partial charge in [-0.05, 0) is 6.92 Å². The summed E-state index contributed by atoms with van der Waals surface area (Å²) in [5.74, 6) is 0. The molecule has 0 heterocycles. The normalized spacial score (nSPS) is 21.4. The van der Waals surface area contributed by atoms with Gasteiger partial charge < -0.3 is 14.4 Å². The highest BCUT2D eigenvalue weighted by Gasteiger charge is 2.49. The van der Waals surface area contributed by atoms with Crippen molar-refractivity contribution in [3.63, 3.8) is 0 Å². The molecule has 0 aromatic heterocycles. The second-order valence-corrected chi connectivity index (χ2v) is 2.98. The summed E-state index contributed by atoms with van der Waals surface area (Å²) in [5, 5.41) is 0. The van der Waals surface area contributed by atoms with Crippen molar-refractivity contribution in [2.75, 3.05) is 0 Å². The van der Waals surface area contributed by atoms with Crippen molar-refractivity contribution in [3.05, 3.63) is 0 Å². The summed E-state index contributed by atoms with van der Waals surface area (Å²) in [6.07, 6.45) is -8.68. The highest BCUT2D eigenvalue weighted by molar-refractivity contribution is 5.69. The molecule has 0 rings (SSSR count). The highest BCUT2D eigenvalue weighted by atomic mass is 19.2. The predicted molar refractivity (Wildman–Crippen MR) is 41.0 cm³/mol. The minimum absolute atomic E-state index is 0.341. The largest absolute Gasteiger partial charge is 0.300 e. The van der Waals surface area contributed by atoms with E-state index >= 15 is 0 Å². The summed E-state index contributed by atoms with van der Waals surface area (Å²) < 4.78 is 38.7. The van der Waals surface area contributed by atoms with Gasteiger partial charge >= 0.3 is 0 Å². The van der Waals surface area contributed by atoms with E-state index in [1.54, 1.807) is 0 Å². The number of carbonyl (C=O) groups excluding carboxylic acids is 3. The Hall–Kier alpha value is -1.20. The van der Waals surface area contributed by atoms with Gasteiger partial charge in [-0.25, -0.2) is 13.2 Å². The van der Waals surface area contributed by atoms with E-state index in [1.165, 1.54) is 0 Å². The summed E-state index contributed by atoms with van der Waals surface area (Å²) in [6, 6.07) is 0. The van der Waals surface area contributed by atoms with Crippen LogP contribution in [0, 0.1) is 5.41 Å². The topological polar surface area (TPSA) is 51.2 Å². The van der Waals surface area contributed by atoms with E-state index in [0.717, 1.165) is 0 Å². The summed E-state index contributed by atoms with van der Waals surface area (Å²) in [4.78, 5) is 30.2. The Morgan fingerprint density at radius 2 is 1.07 bits per heavy atom. The van der Waals surface area contributed by atoms with Crippen LogP contribution >= 0.6 is 0 Å². The molecule has 80 valence electrons. The monoisotopic (exact) mass is 210 g/mol. The van der Waals surface area contributed by atoms with Gasteiger partial charge in [0, 0.05) is 0 Å². The molecule has 14 heavy (non-hydrogen) atoms. The van der Waals surface area contributed by atoms with Gasteiger partial charge in [-0.2, -0.15) is 0 Å². The van der Waals surface area contributed by atoms with Crippen LogP contribution in [0.3, 0.4) is 0 Å². The van der Waals surface area contributed by atoms with Gasteiger partial charge in [0.1, 0.15) is 0 Å². The Morgan fingerprint density at radius 1 is 0.857 bits per heavy atom. The lowest BCUT2D eigenvalue weighted by Crippen LogP contribution is -2.48. The van der Waals surface area contributed by atoms with Crippen molar-refractivity contribution in [2.24, 2.45) is 5.41 Å². The van der Waals surface area contributed by atoms with Crippen molar-refractivity contribution < 1.29 is 27.6 Å². The molecular weight excluding hydrogens is 201 g/mol. The SMILES string of the molecule is CC(C(F)C=O)(C(F)C=O)C(F)C=O. The third-order valence-corrected chi connectivity index (χ3v) is 2.14. The van der Waals surface area contributed by atoms with Crippen LogP contribution in [0.2, 0.25) is 0 Å². The van der Waals surface area contributed by atoms with Gasteiger partial charge in [-0.1, -0.05) is 0 Å². The van der Waals surface area contributed by atoms with Crippen LogP contribution in [0.25, 0.3) is 0 Å². The zero-order chi connectivity index (χ0) is 11.4. The van der Waals surface area contributed by atoms with E-state index < -0.39 is 23.9 Å². The molecule has 0 aliphatic rings. The van der Waals surface area contributed by atoms with Gasteiger partial charge in [0.05, 0.1) is 5.41 Å². The second-order valence-electron chi connectivity index (χ2n) is 2.98. The van der Waals surface area contributed by atoms with Gasteiger partial charge in [0.15, 0.2) is 37.4 Å². The first-order valence-corrected chi connectivity index (χ1v) is 3.73. The molecule has 0 spiro atoms. The number of carbonyl (C=O) groups is 3. The van der Waals surface area contributed by atoms with Crippen LogP contribution in [0.1, 0.15) is 6.92 Å². The van der Waals surface area contributed by atoms with Gasteiger partial charge in [0.2, 0.25) is 0 Å². The van der Waals surface area contributed by atoms with E-state index in [9.17, 15) is 27.6 Å². The van der Waals surface area contributed by atoms with Crippen molar-refractivity contribution in [1.29, 1.82) is 0 Å². The Labute approximate surface area is 78.3 Å². The van der Waals surface area contributed by atoms with Gasteiger partial charge in [0.25, 0.3) is 0 Å². The van der Waals surface area contributed by atoms with Crippen LogP contribution in [-0.4, -0.2) is 37.4 Å². The molecule has 0 saturated heterocycles. The van der Waals surface area contributed by atoms with Crippen LogP contribution in [0.4, 0.5) is 13.2 Å². The Kier molecular flexibility index (Phi) is 4.46. The number of rotatable bonds is 6. The fourth-order valence-electron chi connectivity index (χ4n) is 0.896. The van der Waals surface area contributed by atoms with Crippen molar-refractivity contribution in [3.8, 4) is 0 Å². The maximum Gasteiger partial charge on any atom is 0.167 e. The molecular formula is C8H9F3O3. The zero-order valence-corrected chi connectivity index (χ0v) is 7.32. The molecule has 0 fully saturated rings. The molecule has 0 aliphatic carbocycles. The summed E-state index contributed by atoms with van der Waals surface area (Å²) >= 11 is 0. The standard InChI is InChI=1S/C8H9F3O3/c1-8(5(9)2-12,6(10)3-13)7(11)4-14/h2-7H,1H3. The third kappa shape index (κ3) is 2.00. The molecule has 0 bridgehead atoms. The van der Waals surface area contributed by atoms with Crippen LogP contribution in [0.15, 0.2) is 0 Å². The molecule has 6 heteroatoms. The first-order chi connectivity index (χ1) is 6.44. The molecule has 0 radical (unpaired) electrons. The number of hydrogen-bond donors (Lipinski definition) is 0. The number of alkyl halides is 3. The van der Waals surface area contributed by atoms with E-state index in [0.29, 0.717) is 6.92 Å². The highest BCUT2D eigenvalue weighted by Crippen LogP contribution is 2.34. The average molecular weight is 210 g/mol. The summed E-state index contributed by atoms with van der Waals surface area (Å²) in [7, 11) is 0. The molecule has 0 saturated carbocycles. The Bertz CT molecular complexity index is 196. The average Bonchev–Trinajstić information content (AvgIpc) is 2.24. The first-order valence-electron chi connectivity index (χ1n) is 3.73. The third-order valence-electron chi connectivity index (χ3n) is 2.14. The lowest BCUT2D eigenvalue weighted by atomic mass is 9.77. The molecule has 3 atom stereocenters. The molecule has 0 aromatic carbocycles. The summed E-state index contributed by atoms with van der Waals surface area (Å²) in [6.45, 7) is 0.685. The van der Waals surface area contributed by atoms with Gasteiger partial charge in [-0.15, -0.1) is 0 Å². The maximum absolute atomic E-state index is 12.9. The van der Waals surface area contributed by atoms with Gasteiger partial charge in [-0.3, -0.25) is 0 Å². The van der Waals surface area contributed by atoms with E-state index in [2.05, 4.69) is 0 Å². The second kappa shape index (κ2) is 4.88. The predicted octanol–water partition coefficient (Wildman–Crippen LogP) is 0.604. The fourth-order valence-corrected chi connectivity index (χ4v) is 0.896. The van der Waals surface area contributed by atoms with Crippen LogP contribution in [0.5, 0.6) is 0 Å². The molecule has 0 N–H and O–H groups in total. The molecule has 0 aliphatic heterocycles. The van der Waals surface area contributed by atoms with Crippen molar-refractivity contribution in [2.45, 2.75) is 25.4 Å². The number of aldehydes is 3. The van der Waals surface area contributed by atoms with E-state index in [4.69, 9.17) is 0 Å². The number of halogens is 3. The lowest BCUT2D eigenvalue weighted by Gasteiger charge is -2.31. The molecule has 3 nitrogen and oxygen atoms in total. The lowest BCUT2D eigenvalue weighted by molar-refractivity contribution is -0.134. The fraction of sp³-hybridized carbons (Fsp3) is 0.625. The minimum atomic E-state index is -2.58. The first kappa shape index (κ1) is 12.8. The Balaban J connectivity index is 5.11. The number of hydrogen-bond acceptors (Lipinski definition) is 3. The smallest absolute Gasteiger partial charge is 0.167 e.